The molecule has 2 aromatic rings. The number of nitrogens with one attached hydrogen (secondary N) is 2. The Hall–Kier alpha value is -2.82. The number of carbonyl (C=O) groups excluding carboxylic acids is 2. The molecule has 1 aliphatic carbocycles. The lowest BCUT2D eigenvalue weighted by Gasteiger charge is -2.14. The summed E-state index contributed by atoms with van der Waals surface area (Å²) in [6, 6.07) is 13.3. The normalized spacial score (nSPS) is 17.9. The molecular formula is C22H26N2O3. The van der Waals surface area contributed by atoms with Crippen LogP contribution in [0.5, 0.6) is 5.75 Å². The minimum absolute atomic E-state index is 0.0690. The van der Waals surface area contributed by atoms with Crippen LogP contribution in [0.2, 0.25) is 0 Å². The van der Waals surface area contributed by atoms with Crippen LogP contribution >= 0.6 is 0 Å². The Morgan fingerprint density at radius 1 is 0.926 bits per heavy atom. The maximum Gasteiger partial charge on any atom is 0.228 e. The Balaban J connectivity index is 1.61. The van der Waals surface area contributed by atoms with Crippen LogP contribution in [-0.4, -0.2) is 18.9 Å². The Kier molecular flexibility index (Phi) is 5.79. The topological polar surface area (TPSA) is 67.4 Å². The van der Waals surface area contributed by atoms with Gasteiger partial charge in [-0.1, -0.05) is 32.0 Å². The summed E-state index contributed by atoms with van der Waals surface area (Å²) in [5.74, 6) is 0.0158. The molecule has 5 nitrogen and oxygen atoms in total. The van der Waals surface area contributed by atoms with Gasteiger partial charge in [0.15, 0.2) is 0 Å². The predicted molar refractivity (Wildman–Crippen MR) is 107 cm³/mol. The second-order valence-corrected chi connectivity index (χ2v) is 6.81. The number of aryl methyl sites for hydroxylation is 2. The number of anilines is 2. The van der Waals surface area contributed by atoms with Gasteiger partial charge in [-0.25, -0.2) is 0 Å². The number of ether oxygens (including phenoxy) is 1. The fraction of sp³-hybridized carbons (Fsp3) is 0.364. The van der Waals surface area contributed by atoms with Crippen LogP contribution in [0.4, 0.5) is 11.4 Å². The van der Waals surface area contributed by atoms with E-state index in [1.807, 2.05) is 18.2 Å². The summed E-state index contributed by atoms with van der Waals surface area (Å²) in [5, 5.41) is 5.95. The smallest absolute Gasteiger partial charge is 0.228 e. The third-order valence-corrected chi connectivity index (χ3v) is 5.07. The van der Waals surface area contributed by atoms with E-state index in [-0.39, 0.29) is 23.7 Å². The number of rotatable bonds is 7. The molecule has 2 N–H and O–H groups in total. The van der Waals surface area contributed by atoms with Gasteiger partial charge in [-0.2, -0.15) is 0 Å². The van der Waals surface area contributed by atoms with Crippen LogP contribution < -0.4 is 15.4 Å². The van der Waals surface area contributed by atoms with Crippen LogP contribution in [0, 0.1) is 11.8 Å². The molecule has 0 aromatic heterocycles. The number of benzene rings is 2. The molecule has 2 unspecified atom stereocenters. The van der Waals surface area contributed by atoms with E-state index in [1.54, 1.807) is 31.4 Å². The average molecular weight is 366 g/mol. The molecule has 0 spiro atoms. The summed E-state index contributed by atoms with van der Waals surface area (Å²) in [6.45, 7) is 4.15. The van der Waals surface area contributed by atoms with Gasteiger partial charge in [-0.3, -0.25) is 9.59 Å². The van der Waals surface area contributed by atoms with E-state index < -0.39 is 0 Å². The largest absolute Gasteiger partial charge is 0.497 e. The van der Waals surface area contributed by atoms with Crippen LogP contribution in [-0.2, 0) is 22.4 Å². The summed E-state index contributed by atoms with van der Waals surface area (Å²) in [7, 11) is 1.60. The highest BCUT2D eigenvalue weighted by Crippen LogP contribution is 2.40. The van der Waals surface area contributed by atoms with Crippen molar-refractivity contribution in [3.63, 3.8) is 0 Å². The summed E-state index contributed by atoms with van der Waals surface area (Å²) in [5.41, 5.74) is 3.87. The molecule has 27 heavy (non-hydrogen) atoms. The standard InChI is InChI=1S/C22H26N2O3/c1-4-14-7-6-8-15(5-2)20(14)24-22(26)19-13-18(19)21(25)23-16-9-11-17(27-3)12-10-16/h6-12,18-19H,4-5,13H2,1-3H3,(H,23,25)(H,24,26). The van der Waals surface area contributed by atoms with Gasteiger partial charge in [0.25, 0.3) is 0 Å². The van der Waals surface area contributed by atoms with Crippen molar-refractivity contribution in [1.29, 1.82) is 0 Å². The Morgan fingerprint density at radius 3 is 2.00 bits per heavy atom. The van der Waals surface area contributed by atoms with Crippen LogP contribution in [0.15, 0.2) is 42.5 Å². The van der Waals surface area contributed by atoms with E-state index in [9.17, 15) is 9.59 Å². The van der Waals surface area contributed by atoms with Crippen LogP contribution in [0.1, 0.15) is 31.4 Å². The van der Waals surface area contributed by atoms with Gasteiger partial charge >= 0.3 is 0 Å². The van der Waals surface area contributed by atoms with Crippen molar-refractivity contribution in [2.45, 2.75) is 33.1 Å². The van der Waals surface area contributed by atoms with Crippen LogP contribution in [0.3, 0.4) is 0 Å². The van der Waals surface area contributed by atoms with E-state index in [0.717, 1.165) is 35.4 Å². The van der Waals surface area contributed by atoms with Gasteiger partial charge in [0.2, 0.25) is 11.8 Å². The zero-order chi connectivity index (χ0) is 19.4. The second-order valence-electron chi connectivity index (χ2n) is 6.81. The fourth-order valence-electron chi connectivity index (χ4n) is 3.30. The number of para-hydroxylation sites is 1. The molecule has 5 heteroatoms. The van der Waals surface area contributed by atoms with E-state index >= 15 is 0 Å². The van der Waals surface area contributed by atoms with Crippen molar-refractivity contribution in [1.82, 2.24) is 0 Å². The molecular weight excluding hydrogens is 340 g/mol. The molecule has 2 amide bonds. The monoisotopic (exact) mass is 366 g/mol. The highest BCUT2D eigenvalue weighted by atomic mass is 16.5. The first-order chi connectivity index (χ1) is 13.1. The molecule has 0 aliphatic heterocycles. The maximum atomic E-state index is 12.7. The number of methoxy groups -OCH3 is 1. The van der Waals surface area contributed by atoms with Crippen LogP contribution in [0.25, 0.3) is 0 Å². The molecule has 2 atom stereocenters. The third-order valence-electron chi connectivity index (χ3n) is 5.07. The quantitative estimate of drug-likeness (QED) is 0.777. The summed E-state index contributed by atoms with van der Waals surface area (Å²) in [4.78, 5) is 25.1. The van der Waals surface area contributed by atoms with E-state index in [4.69, 9.17) is 4.74 Å². The lowest BCUT2D eigenvalue weighted by molar-refractivity contribution is -0.122. The van der Waals surface area contributed by atoms with Gasteiger partial charge < -0.3 is 15.4 Å². The molecule has 3 rings (SSSR count). The zero-order valence-electron chi connectivity index (χ0n) is 16.0. The first-order valence-electron chi connectivity index (χ1n) is 9.43. The molecule has 2 aromatic carbocycles. The second kappa shape index (κ2) is 8.25. The van der Waals surface area contributed by atoms with E-state index in [1.165, 1.54) is 0 Å². The van der Waals surface area contributed by atoms with Crippen molar-refractivity contribution < 1.29 is 14.3 Å². The van der Waals surface area contributed by atoms with Crippen molar-refractivity contribution in [2.24, 2.45) is 11.8 Å². The molecule has 0 radical (unpaired) electrons. The molecule has 1 aliphatic rings. The summed E-state index contributed by atoms with van der Waals surface area (Å²) in [6.07, 6.45) is 2.30. The highest BCUT2D eigenvalue weighted by Gasteiger charge is 2.48. The average Bonchev–Trinajstić information content (AvgIpc) is 3.50. The van der Waals surface area contributed by atoms with Gasteiger partial charge in [-0.05, 0) is 54.7 Å². The van der Waals surface area contributed by atoms with E-state index in [2.05, 4.69) is 24.5 Å². The van der Waals surface area contributed by atoms with Crippen molar-refractivity contribution in [3.8, 4) is 5.75 Å². The van der Waals surface area contributed by atoms with Crippen molar-refractivity contribution in [3.05, 3.63) is 53.6 Å². The first-order valence-corrected chi connectivity index (χ1v) is 9.43. The number of hydrogen-bond donors (Lipinski definition) is 2. The first kappa shape index (κ1) is 19.0. The van der Waals surface area contributed by atoms with E-state index in [0.29, 0.717) is 12.1 Å². The lowest BCUT2D eigenvalue weighted by atomic mass is 10.0. The molecule has 0 heterocycles. The van der Waals surface area contributed by atoms with Gasteiger partial charge in [0.1, 0.15) is 5.75 Å². The third kappa shape index (κ3) is 4.30. The number of hydrogen-bond acceptors (Lipinski definition) is 3. The Morgan fingerprint density at radius 2 is 1.48 bits per heavy atom. The molecule has 0 saturated heterocycles. The number of amides is 2. The van der Waals surface area contributed by atoms with Crippen molar-refractivity contribution >= 4 is 23.2 Å². The summed E-state index contributed by atoms with van der Waals surface area (Å²) >= 11 is 0. The van der Waals surface area contributed by atoms with Gasteiger partial charge in [0, 0.05) is 11.4 Å². The molecule has 0 bridgehead atoms. The molecule has 142 valence electrons. The fourth-order valence-corrected chi connectivity index (χ4v) is 3.30. The summed E-state index contributed by atoms with van der Waals surface area (Å²) < 4.78 is 5.11. The van der Waals surface area contributed by atoms with Gasteiger partial charge in [-0.15, -0.1) is 0 Å². The lowest BCUT2D eigenvalue weighted by Crippen LogP contribution is -2.21. The minimum Gasteiger partial charge on any atom is -0.497 e. The minimum atomic E-state index is -0.272. The predicted octanol–water partition coefficient (Wildman–Crippen LogP) is 4.03. The number of carbonyl (C=O) groups is 2. The maximum absolute atomic E-state index is 12.7. The van der Waals surface area contributed by atoms with Gasteiger partial charge in [0.05, 0.1) is 18.9 Å². The van der Waals surface area contributed by atoms with Crippen molar-refractivity contribution in [2.75, 3.05) is 17.7 Å². The Labute approximate surface area is 160 Å². The Bertz CT molecular complexity index is 808. The highest BCUT2D eigenvalue weighted by molar-refractivity contribution is 6.03. The molecule has 1 fully saturated rings. The zero-order valence-corrected chi connectivity index (χ0v) is 16.0. The molecule has 1 saturated carbocycles. The SMILES string of the molecule is CCc1cccc(CC)c1NC(=O)C1CC1C(=O)Nc1ccc(OC)cc1.